The molecule has 3 heterocycles. The Morgan fingerprint density at radius 1 is 0.741 bits per heavy atom. The molecule has 1 unspecified atom stereocenters. The topological polar surface area (TPSA) is 87.3 Å². The Morgan fingerprint density at radius 3 is 1.74 bits per heavy atom. The number of hydrogen-bond acceptors (Lipinski definition) is 3. The molecule has 3 aliphatic rings. The summed E-state index contributed by atoms with van der Waals surface area (Å²) in [5.41, 5.74) is 0. The Morgan fingerprint density at radius 2 is 1.22 bits per heavy atom. The number of rotatable bonds is 1. The molecule has 1 atom stereocenters. The van der Waals surface area contributed by atoms with Crippen LogP contribution in [0.2, 0.25) is 5.04 Å². The van der Waals surface area contributed by atoms with E-state index in [4.69, 9.17) is 0 Å². The summed E-state index contributed by atoms with van der Waals surface area (Å²) in [4.78, 5) is 32.6. The lowest BCUT2D eigenvalue weighted by Gasteiger charge is -2.20. The highest BCUT2D eigenvalue weighted by Crippen LogP contribution is 2.31. The van der Waals surface area contributed by atoms with E-state index in [0.29, 0.717) is 0 Å². The van der Waals surface area contributed by atoms with E-state index in [1.807, 2.05) is 6.08 Å². The summed E-state index contributed by atoms with van der Waals surface area (Å²) in [6, 6.07) is 0. The van der Waals surface area contributed by atoms with Crippen LogP contribution in [0.5, 0.6) is 0 Å². The average molecular weight is 396 g/mol. The quantitative estimate of drug-likeness (QED) is 0.463. The van der Waals surface area contributed by atoms with Gasteiger partial charge in [0, 0.05) is 47.8 Å². The van der Waals surface area contributed by atoms with Crippen molar-refractivity contribution in [3.8, 4) is 0 Å². The van der Waals surface area contributed by atoms with Crippen LogP contribution in [0, 0.1) is 0 Å². The number of nitrogens with one attached hydrogen (secondary N) is 3. The third-order valence-electron chi connectivity index (χ3n) is 5.18. The Bertz CT molecular complexity index is 455. The van der Waals surface area contributed by atoms with Crippen molar-refractivity contribution in [1.82, 2.24) is 16.0 Å². The molecule has 27 heavy (non-hydrogen) atoms. The first-order valence-corrected chi connectivity index (χ1v) is 11.4. The van der Waals surface area contributed by atoms with Gasteiger partial charge >= 0.3 is 0 Å². The van der Waals surface area contributed by atoms with Crippen LogP contribution in [-0.2, 0) is 14.4 Å². The van der Waals surface area contributed by atoms with Crippen LogP contribution >= 0.6 is 0 Å². The maximum Gasteiger partial charge on any atom is 0.226 e. The molecule has 3 N–H and O–H groups in total. The minimum atomic E-state index is -0.184. The minimum absolute atomic E-state index is 0.184. The van der Waals surface area contributed by atoms with Gasteiger partial charge in [0.15, 0.2) is 0 Å². The molecule has 0 radical (unpaired) electrons. The standard InChI is InChI=1S/C8H15NOSi.2C6H11NO/c1-2-8(11)5-3-4-6-9-7(8)10;2*8-6-4-2-1-3-5-7-6/h2H,1,3-6H2,11H3,(H,9,10);2*1-5H2,(H,7,8). The molecule has 0 aromatic heterocycles. The van der Waals surface area contributed by atoms with Gasteiger partial charge in [-0.15, -0.1) is 6.58 Å². The predicted octanol–water partition coefficient (Wildman–Crippen LogP) is 1.35. The first kappa shape index (κ1) is 23.4. The van der Waals surface area contributed by atoms with Crippen molar-refractivity contribution in [2.75, 3.05) is 19.6 Å². The second-order valence-electron chi connectivity index (χ2n) is 7.66. The lowest BCUT2D eigenvalue weighted by Crippen LogP contribution is -2.33. The van der Waals surface area contributed by atoms with Gasteiger partial charge in [-0.1, -0.05) is 25.3 Å². The van der Waals surface area contributed by atoms with Crippen molar-refractivity contribution in [3.05, 3.63) is 12.7 Å². The van der Waals surface area contributed by atoms with Gasteiger partial charge in [0.05, 0.1) is 0 Å². The maximum atomic E-state index is 11.4. The van der Waals surface area contributed by atoms with E-state index in [0.717, 1.165) is 87.7 Å². The third kappa shape index (κ3) is 10.3. The van der Waals surface area contributed by atoms with Gasteiger partial charge in [-0.2, -0.15) is 0 Å². The highest BCUT2D eigenvalue weighted by molar-refractivity contribution is 6.29. The van der Waals surface area contributed by atoms with Crippen LogP contribution in [-0.4, -0.2) is 47.6 Å². The summed E-state index contributed by atoms with van der Waals surface area (Å²) in [5.74, 6) is 0.640. The molecular weight excluding hydrogens is 358 g/mol. The lowest BCUT2D eigenvalue weighted by molar-refractivity contribution is -0.123. The van der Waals surface area contributed by atoms with Crippen LogP contribution in [0.25, 0.3) is 0 Å². The molecule has 0 saturated carbocycles. The van der Waals surface area contributed by atoms with Crippen molar-refractivity contribution in [2.24, 2.45) is 0 Å². The zero-order valence-electron chi connectivity index (χ0n) is 16.9. The van der Waals surface area contributed by atoms with Crippen LogP contribution < -0.4 is 16.0 Å². The van der Waals surface area contributed by atoms with Crippen molar-refractivity contribution in [3.63, 3.8) is 0 Å². The lowest BCUT2D eigenvalue weighted by atomic mass is 10.0. The second-order valence-corrected chi connectivity index (χ2v) is 9.44. The molecule has 3 rings (SSSR count). The minimum Gasteiger partial charge on any atom is -0.356 e. The smallest absolute Gasteiger partial charge is 0.226 e. The third-order valence-corrected chi connectivity index (χ3v) is 6.55. The number of carbonyl (C=O) groups excluding carboxylic acids is 3. The van der Waals surface area contributed by atoms with Crippen molar-refractivity contribution >= 4 is 28.0 Å². The Labute approximate surface area is 166 Å². The maximum absolute atomic E-state index is 11.4. The summed E-state index contributed by atoms with van der Waals surface area (Å²) in [6.07, 6.45) is 13.4. The zero-order chi connectivity index (χ0) is 20.0. The molecule has 3 aliphatic heterocycles. The summed E-state index contributed by atoms with van der Waals surface area (Å²) >= 11 is 0. The van der Waals surface area contributed by atoms with E-state index in [9.17, 15) is 14.4 Å². The van der Waals surface area contributed by atoms with Gasteiger partial charge in [-0.3, -0.25) is 14.4 Å². The first-order valence-electron chi connectivity index (χ1n) is 10.4. The average Bonchev–Trinajstić information content (AvgIpc) is 3.11. The predicted molar refractivity (Wildman–Crippen MR) is 113 cm³/mol. The highest BCUT2D eigenvalue weighted by Gasteiger charge is 2.30. The molecule has 0 spiro atoms. The van der Waals surface area contributed by atoms with E-state index >= 15 is 0 Å². The molecule has 0 aromatic rings. The number of hydrogen-bond donors (Lipinski definition) is 3. The van der Waals surface area contributed by atoms with Gasteiger partial charge in [0.2, 0.25) is 17.7 Å². The normalized spacial score (nSPS) is 26.1. The molecule has 3 amide bonds. The van der Waals surface area contributed by atoms with E-state index in [-0.39, 0.29) is 22.8 Å². The first-order chi connectivity index (χ1) is 13.0. The Balaban J connectivity index is 0.000000206. The molecule has 0 aromatic carbocycles. The van der Waals surface area contributed by atoms with Gasteiger partial charge in [-0.05, 0) is 38.5 Å². The molecule has 0 bridgehead atoms. The monoisotopic (exact) mass is 395 g/mol. The largest absolute Gasteiger partial charge is 0.356 e. The molecule has 0 aliphatic carbocycles. The Kier molecular flexibility index (Phi) is 11.7. The van der Waals surface area contributed by atoms with Crippen molar-refractivity contribution < 1.29 is 14.4 Å². The van der Waals surface area contributed by atoms with Gasteiger partial charge < -0.3 is 16.0 Å². The second kappa shape index (κ2) is 13.5. The highest BCUT2D eigenvalue weighted by atomic mass is 28.1. The summed E-state index contributed by atoms with van der Waals surface area (Å²) in [5, 5.41) is 8.34. The van der Waals surface area contributed by atoms with Crippen LogP contribution in [0.1, 0.15) is 70.6 Å². The van der Waals surface area contributed by atoms with E-state index in [1.165, 1.54) is 12.8 Å². The summed E-state index contributed by atoms with van der Waals surface area (Å²) < 4.78 is 0. The molecular formula is C20H37N3O3Si. The number of carbonyl (C=O) groups is 3. The molecule has 6 nitrogen and oxygen atoms in total. The van der Waals surface area contributed by atoms with Crippen LogP contribution in [0.3, 0.4) is 0 Å². The molecule has 7 heteroatoms. The zero-order valence-corrected chi connectivity index (χ0v) is 18.9. The Hall–Kier alpha value is -1.63. The van der Waals surface area contributed by atoms with Gasteiger partial charge in [0.1, 0.15) is 0 Å². The van der Waals surface area contributed by atoms with Crippen molar-refractivity contribution in [2.45, 2.75) is 75.7 Å². The summed E-state index contributed by atoms with van der Waals surface area (Å²) in [7, 11) is 0.882. The summed E-state index contributed by atoms with van der Waals surface area (Å²) in [6.45, 7) is 6.34. The van der Waals surface area contributed by atoms with Gasteiger partial charge in [-0.25, -0.2) is 0 Å². The van der Waals surface area contributed by atoms with E-state index in [1.54, 1.807) is 0 Å². The SMILES string of the molecule is C=CC1([SiH3])CCCCNC1=O.O=C1CCCCCN1.O=C1CCCCCN1. The van der Waals surface area contributed by atoms with E-state index < -0.39 is 0 Å². The molecule has 3 saturated heterocycles. The number of amides is 3. The molecule has 3 fully saturated rings. The van der Waals surface area contributed by atoms with E-state index in [2.05, 4.69) is 22.5 Å². The molecule has 154 valence electrons. The van der Waals surface area contributed by atoms with Crippen molar-refractivity contribution in [1.29, 1.82) is 0 Å². The fraction of sp³-hybridized carbons (Fsp3) is 0.750. The van der Waals surface area contributed by atoms with Gasteiger partial charge in [0.25, 0.3) is 0 Å². The fourth-order valence-electron chi connectivity index (χ4n) is 3.14. The van der Waals surface area contributed by atoms with Crippen LogP contribution in [0.4, 0.5) is 0 Å². The van der Waals surface area contributed by atoms with Crippen LogP contribution in [0.15, 0.2) is 12.7 Å². The fourth-order valence-corrected chi connectivity index (χ4v) is 3.67.